The zero-order chi connectivity index (χ0) is 8.48. The highest BCUT2D eigenvalue weighted by molar-refractivity contribution is 4.86. The molecule has 1 aliphatic rings. The molecule has 1 heterocycles. The first kappa shape index (κ1) is 9.01. The number of methoxy groups -OCH3 is 1. The number of hydrogen-bond donors (Lipinski definition) is 0. The van der Waals surface area contributed by atoms with Crippen LogP contribution in [0.25, 0.3) is 0 Å². The third-order valence-corrected chi connectivity index (χ3v) is 2.97. The Bertz CT molecular complexity index is 138. The van der Waals surface area contributed by atoms with Gasteiger partial charge >= 0.3 is 0 Å². The van der Waals surface area contributed by atoms with Gasteiger partial charge in [0.25, 0.3) is 0 Å². The Morgan fingerprint density at radius 2 is 2.18 bits per heavy atom. The van der Waals surface area contributed by atoms with Crippen LogP contribution >= 0.6 is 0 Å². The van der Waals surface area contributed by atoms with Gasteiger partial charge in [0.15, 0.2) is 0 Å². The zero-order valence-electron chi connectivity index (χ0n) is 8.05. The third kappa shape index (κ3) is 1.94. The van der Waals surface area contributed by atoms with Crippen LogP contribution in [0.2, 0.25) is 0 Å². The van der Waals surface area contributed by atoms with Crippen LogP contribution in [-0.4, -0.2) is 37.2 Å². The molecular formula is C9H19NO. The summed E-state index contributed by atoms with van der Waals surface area (Å²) in [5.41, 5.74) is 0.131. The van der Waals surface area contributed by atoms with Crippen molar-refractivity contribution in [2.75, 3.05) is 20.7 Å². The largest absolute Gasteiger partial charge is 0.378 e. The van der Waals surface area contributed by atoms with Crippen LogP contribution in [0.5, 0.6) is 0 Å². The summed E-state index contributed by atoms with van der Waals surface area (Å²) in [4.78, 5) is 2.39. The molecule has 2 atom stereocenters. The quantitative estimate of drug-likeness (QED) is 0.572. The maximum Gasteiger partial charge on any atom is 0.0677 e. The minimum atomic E-state index is 0.131. The van der Waals surface area contributed by atoms with E-state index in [1.807, 2.05) is 7.11 Å². The van der Waals surface area contributed by atoms with Crippen molar-refractivity contribution < 1.29 is 4.74 Å². The van der Waals surface area contributed by atoms with Gasteiger partial charge in [-0.1, -0.05) is 0 Å². The zero-order valence-corrected chi connectivity index (χ0v) is 8.05. The molecule has 0 aromatic carbocycles. The van der Waals surface area contributed by atoms with Crippen LogP contribution in [0.15, 0.2) is 0 Å². The average Bonchev–Trinajstić information content (AvgIpc) is 1.98. The van der Waals surface area contributed by atoms with Crippen molar-refractivity contribution in [1.82, 2.24) is 4.90 Å². The van der Waals surface area contributed by atoms with Crippen molar-refractivity contribution in [3.05, 3.63) is 0 Å². The highest BCUT2D eigenvalue weighted by Crippen LogP contribution is 2.27. The molecule has 11 heavy (non-hydrogen) atoms. The molecule has 0 aromatic heterocycles. The van der Waals surface area contributed by atoms with E-state index in [0.29, 0.717) is 6.04 Å². The Hall–Kier alpha value is -0.0800. The molecule has 1 aliphatic heterocycles. The van der Waals surface area contributed by atoms with Crippen molar-refractivity contribution in [3.8, 4) is 0 Å². The maximum atomic E-state index is 5.47. The van der Waals surface area contributed by atoms with Gasteiger partial charge in [-0.15, -0.1) is 0 Å². The van der Waals surface area contributed by atoms with Crippen LogP contribution in [-0.2, 0) is 4.74 Å². The van der Waals surface area contributed by atoms with Gasteiger partial charge in [-0.05, 0) is 33.7 Å². The van der Waals surface area contributed by atoms with E-state index in [2.05, 4.69) is 25.8 Å². The van der Waals surface area contributed by atoms with Crippen LogP contribution in [0.4, 0.5) is 0 Å². The normalized spacial score (nSPS) is 40.9. The van der Waals surface area contributed by atoms with Gasteiger partial charge in [-0.2, -0.15) is 0 Å². The number of piperidine rings is 1. The summed E-state index contributed by atoms with van der Waals surface area (Å²) in [5, 5.41) is 0. The molecule has 0 radical (unpaired) electrons. The molecule has 0 aliphatic carbocycles. The molecule has 1 saturated heterocycles. The topological polar surface area (TPSA) is 12.5 Å². The summed E-state index contributed by atoms with van der Waals surface area (Å²) >= 11 is 0. The Kier molecular flexibility index (Phi) is 2.55. The summed E-state index contributed by atoms with van der Waals surface area (Å²) in [5.74, 6) is 0. The lowest BCUT2D eigenvalue weighted by Gasteiger charge is -2.41. The van der Waals surface area contributed by atoms with E-state index in [-0.39, 0.29) is 5.60 Å². The molecule has 0 amide bonds. The molecule has 0 saturated carbocycles. The van der Waals surface area contributed by atoms with Gasteiger partial charge in [-0.3, -0.25) is 0 Å². The van der Waals surface area contributed by atoms with Crippen molar-refractivity contribution >= 4 is 0 Å². The molecule has 0 spiro atoms. The Morgan fingerprint density at radius 3 is 2.64 bits per heavy atom. The summed E-state index contributed by atoms with van der Waals surface area (Å²) in [6, 6.07) is 0.661. The fourth-order valence-corrected chi connectivity index (χ4v) is 1.70. The predicted octanol–water partition coefficient (Wildman–Crippen LogP) is 1.51. The van der Waals surface area contributed by atoms with Crippen molar-refractivity contribution in [2.24, 2.45) is 0 Å². The van der Waals surface area contributed by atoms with Crippen LogP contribution in [0.1, 0.15) is 26.7 Å². The van der Waals surface area contributed by atoms with Crippen LogP contribution in [0, 0.1) is 0 Å². The van der Waals surface area contributed by atoms with Crippen LogP contribution < -0.4 is 0 Å². The molecule has 1 rings (SSSR count). The van der Waals surface area contributed by atoms with E-state index >= 15 is 0 Å². The van der Waals surface area contributed by atoms with E-state index in [1.165, 1.54) is 0 Å². The second kappa shape index (κ2) is 3.11. The summed E-state index contributed by atoms with van der Waals surface area (Å²) < 4.78 is 5.47. The van der Waals surface area contributed by atoms with Gasteiger partial charge in [0.05, 0.1) is 5.60 Å². The number of rotatable bonds is 1. The highest BCUT2D eigenvalue weighted by Gasteiger charge is 2.32. The minimum Gasteiger partial charge on any atom is -0.378 e. The number of hydrogen-bond acceptors (Lipinski definition) is 2. The highest BCUT2D eigenvalue weighted by atomic mass is 16.5. The van der Waals surface area contributed by atoms with Gasteiger partial charge < -0.3 is 9.64 Å². The van der Waals surface area contributed by atoms with Gasteiger partial charge in [0, 0.05) is 19.7 Å². The lowest BCUT2D eigenvalue weighted by molar-refractivity contribution is -0.0550. The van der Waals surface area contributed by atoms with E-state index in [0.717, 1.165) is 19.4 Å². The van der Waals surface area contributed by atoms with Crippen LogP contribution in [0.3, 0.4) is 0 Å². The molecular weight excluding hydrogens is 138 g/mol. The first-order valence-corrected chi connectivity index (χ1v) is 4.33. The number of likely N-dealkylation sites (tertiary alicyclic amines) is 1. The molecule has 1 fully saturated rings. The molecule has 2 unspecified atom stereocenters. The van der Waals surface area contributed by atoms with E-state index < -0.39 is 0 Å². The fourth-order valence-electron chi connectivity index (χ4n) is 1.70. The van der Waals surface area contributed by atoms with E-state index in [1.54, 1.807) is 0 Å². The SMILES string of the molecule is COC1(C)CCN(C)C(C)C1. The molecule has 2 nitrogen and oxygen atoms in total. The smallest absolute Gasteiger partial charge is 0.0677 e. The summed E-state index contributed by atoms with van der Waals surface area (Å²) in [6.07, 6.45) is 2.31. The Balaban J connectivity index is 2.51. The first-order chi connectivity index (χ1) is 5.07. The molecule has 0 aromatic rings. The van der Waals surface area contributed by atoms with Gasteiger partial charge in [0.1, 0.15) is 0 Å². The molecule has 0 bridgehead atoms. The van der Waals surface area contributed by atoms with E-state index in [9.17, 15) is 0 Å². The Morgan fingerprint density at radius 1 is 1.55 bits per heavy atom. The van der Waals surface area contributed by atoms with Crippen molar-refractivity contribution in [1.29, 1.82) is 0 Å². The maximum absolute atomic E-state index is 5.47. The van der Waals surface area contributed by atoms with E-state index in [4.69, 9.17) is 4.74 Å². The summed E-state index contributed by atoms with van der Waals surface area (Å²) in [7, 11) is 4.00. The van der Waals surface area contributed by atoms with Crippen molar-refractivity contribution in [2.45, 2.75) is 38.3 Å². The standard InChI is InChI=1S/C9H19NO/c1-8-7-9(2,11-4)5-6-10(8)3/h8H,5-7H2,1-4H3. The Labute approximate surface area is 69.5 Å². The molecule has 0 N–H and O–H groups in total. The lowest BCUT2D eigenvalue weighted by atomic mass is 9.89. The monoisotopic (exact) mass is 157 g/mol. The second-order valence-corrected chi connectivity index (χ2v) is 3.94. The number of nitrogens with zero attached hydrogens (tertiary/aromatic N) is 1. The van der Waals surface area contributed by atoms with Gasteiger partial charge in [-0.25, -0.2) is 0 Å². The second-order valence-electron chi connectivity index (χ2n) is 3.94. The molecule has 2 heteroatoms. The van der Waals surface area contributed by atoms with Crippen molar-refractivity contribution in [3.63, 3.8) is 0 Å². The minimum absolute atomic E-state index is 0.131. The third-order valence-electron chi connectivity index (χ3n) is 2.97. The molecule has 66 valence electrons. The lowest BCUT2D eigenvalue weighted by Crippen LogP contribution is -2.46. The summed E-state index contributed by atoms with van der Waals surface area (Å²) in [6.45, 7) is 5.62. The average molecular weight is 157 g/mol. The number of ether oxygens (including phenoxy) is 1. The van der Waals surface area contributed by atoms with Gasteiger partial charge in [0.2, 0.25) is 0 Å². The fraction of sp³-hybridized carbons (Fsp3) is 1.00. The first-order valence-electron chi connectivity index (χ1n) is 4.33. The predicted molar refractivity (Wildman–Crippen MR) is 46.7 cm³/mol.